The molecule has 1 atom stereocenters. The van der Waals surface area contributed by atoms with Crippen LogP contribution in [0.2, 0.25) is 0 Å². The van der Waals surface area contributed by atoms with Crippen molar-refractivity contribution in [2.75, 3.05) is 12.4 Å². The molecule has 1 aliphatic heterocycles. The molecule has 124 valence electrons. The Morgan fingerprint density at radius 2 is 1.52 bits per heavy atom. The molecule has 4 rings (SSSR count). The highest BCUT2D eigenvalue weighted by atomic mass is 16.5. The maximum Gasteiger partial charge on any atom is 0.120 e. The van der Waals surface area contributed by atoms with Gasteiger partial charge >= 0.3 is 0 Å². The molecule has 0 aromatic heterocycles. The minimum Gasteiger partial charge on any atom is -0.497 e. The second-order valence-electron chi connectivity index (χ2n) is 6.53. The van der Waals surface area contributed by atoms with Gasteiger partial charge in [0.15, 0.2) is 0 Å². The number of methoxy groups -OCH3 is 1. The Balaban J connectivity index is 1.92. The maximum absolute atomic E-state index is 5.44. The summed E-state index contributed by atoms with van der Waals surface area (Å²) in [7, 11) is 1.70. The van der Waals surface area contributed by atoms with Crippen LogP contribution in [0.1, 0.15) is 23.6 Å². The van der Waals surface area contributed by atoms with E-state index >= 15 is 0 Å². The summed E-state index contributed by atoms with van der Waals surface area (Å²) < 4.78 is 5.44. The molecular weight excluding hydrogens is 306 g/mol. The average molecular weight is 327 g/mol. The Morgan fingerprint density at radius 1 is 0.840 bits per heavy atom. The van der Waals surface area contributed by atoms with E-state index in [1.807, 2.05) is 6.07 Å². The summed E-state index contributed by atoms with van der Waals surface area (Å²) in [5, 5.41) is 3.71. The van der Waals surface area contributed by atoms with Crippen molar-refractivity contribution < 1.29 is 4.74 Å². The average Bonchev–Trinajstić information content (AvgIpc) is 2.68. The Labute approximate surface area is 148 Å². The SMILES string of the molecule is COc1ccc2c(c1)N[C@](C)(c1ccccc1)C=C2c1ccccc1. The first kappa shape index (κ1) is 15.5. The number of hydrogen-bond acceptors (Lipinski definition) is 2. The van der Waals surface area contributed by atoms with Crippen LogP contribution in [0.3, 0.4) is 0 Å². The van der Waals surface area contributed by atoms with Gasteiger partial charge in [-0.2, -0.15) is 0 Å². The highest BCUT2D eigenvalue weighted by Crippen LogP contribution is 2.42. The lowest BCUT2D eigenvalue weighted by molar-refractivity contribution is 0.415. The van der Waals surface area contributed by atoms with Gasteiger partial charge in [-0.15, -0.1) is 0 Å². The quantitative estimate of drug-likeness (QED) is 0.689. The van der Waals surface area contributed by atoms with E-state index in [4.69, 9.17) is 4.74 Å². The van der Waals surface area contributed by atoms with E-state index in [2.05, 4.69) is 91.1 Å². The van der Waals surface area contributed by atoms with Gasteiger partial charge in [0.25, 0.3) is 0 Å². The van der Waals surface area contributed by atoms with Crippen LogP contribution in [0.15, 0.2) is 84.9 Å². The summed E-state index contributed by atoms with van der Waals surface area (Å²) in [4.78, 5) is 0. The van der Waals surface area contributed by atoms with Crippen LogP contribution in [0, 0.1) is 0 Å². The van der Waals surface area contributed by atoms with Crippen molar-refractivity contribution >= 4 is 11.3 Å². The zero-order chi connectivity index (χ0) is 17.3. The molecule has 3 aromatic rings. The van der Waals surface area contributed by atoms with Crippen LogP contribution in [-0.2, 0) is 5.54 Å². The lowest BCUT2D eigenvalue weighted by atomic mass is 9.82. The second kappa shape index (κ2) is 6.14. The number of hydrogen-bond donors (Lipinski definition) is 1. The first-order valence-corrected chi connectivity index (χ1v) is 8.50. The predicted molar refractivity (Wildman–Crippen MR) is 104 cm³/mol. The number of fused-ring (bicyclic) bond motifs is 1. The normalized spacial score (nSPS) is 18.7. The van der Waals surface area contributed by atoms with E-state index in [1.165, 1.54) is 22.3 Å². The third-order valence-corrected chi connectivity index (χ3v) is 4.80. The molecule has 0 bridgehead atoms. The molecule has 2 heteroatoms. The molecule has 0 aliphatic carbocycles. The van der Waals surface area contributed by atoms with Gasteiger partial charge in [0.05, 0.1) is 12.6 Å². The van der Waals surface area contributed by atoms with Crippen LogP contribution in [0.4, 0.5) is 5.69 Å². The number of ether oxygens (including phenoxy) is 1. The number of anilines is 1. The Morgan fingerprint density at radius 3 is 2.20 bits per heavy atom. The van der Waals surface area contributed by atoms with Gasteiger partial charge in [-0.25, -0.2) is 0 Å². The topological polar surface area (TPSA) is 21.3 Å². The first-order chi connectivity index (χ1) is 12.2. The standard InChI is InChI=1S/C23H21NO/c1-23(18-11-7-4-8-12-18)16-21(17-9-5-3-6-10-17)20-14-13-19(25-2)15-22(20)24-23/h3-16,24H,1-2H3/t23-/m0/s1. The fourth-order valence-electron chi connectivity index (χ4n) is 3.47. The largest absolute Gasteiger partial charge is 0.497 e. The van der Waals surface area contributed by atoms with Crippen LogP contribution < -0.4 is 10.1 Å². The van der Waals surface area contributed by atoms with Crippen LogP contribution >= 0.6 is 0 Å². The Kier molecular flexibility index (Phi) is 3.81. The maximum atomic E-state index is 5.44. The zero-order valence-corrected chi connectivity index (χ0v) is 14.5. The molecular formula is C23H21NO. The molecule has 3 aromatic carbocycles. The van der Waals surface area contributed by atoms with Crippen LogP contribution in [0.5, 0.6) is 5.75 Å². The van der Waals surface area contributed by atoms with Crippen LogP contribution in [0.25, 0.3) is 5.57 Å². The van der Waals surface area contributed by atoms with Crippen molar-refractivity contribution in [3.8, 4) is 5.75 Å². The van der Waals surface area contributed by atoms with Gasteiger partial charge in [0.1, 0.15) is 5.75 Å². The van der Waals surface area contributed by atoms with Gasteiger partial charge < -0.3 is 10.1 Å². The van der Waals surface area contributed by atoms with Gasteiger partial charge in [-0.05, 0) is 41.8 Å². The lowest BCUT2D eigenvalue weighted by Crippen LogP contribution is -2.33. The monoisotopic (exact) mass is 327 g/mol. The number of rotatable bonds is 3. The zero-order valence-electron chi connectivity index (χ0n) is 14.5. The van der Waals surface area contributed by atoms with E-state index in [0.717, 1.165) is 11.4 Å². The first-order valence-electron chi connectivity index (χ1n) is 8.50. The number of benzene rings is 3. The molecule has 1 aliphatic rings. The van der Waals surface area contributed by atoms with Gasteiger partial charge in [-0.3, -0.25) is 0 Å². The Bertz CT molecular complexity index is 915. The minimum absolute atomic E-state index is 0.286. The molecule has 0 radical (unpaired) electrons. The molecule has 1 N–H and O–H groups in total. The third kappa shape index (κ3) is 2.80. The summed E-state index contributed by atoms with van der Waals surface area (Å²) in [5.41, 5.74) is 5.69. The predicted octanol–water partition coefficient (Wildman–Crippen LogP) is 5.47. The van der Waals surface area contributed by atoms with E-state index in [9.17, 15) is 0 Å². The lowest BCUT2D eigenvalue weighted by Gasteiger charge is -2.36. The van der Waals surface area contributed by atoms with Crippen molar-refractivity contribution in [3.05, 3.63) is 102 Å². The molecule has 0 saturated heterocycles. The van der Waals surface area contributed by atoms with Crippen molar-refractivity contribution in [2.45, 2.75) is 12.5 Å². The highest BCUT2D eigenvalue weighted by Gasteiger charge is 2.30. The summed E-state index contributed by atoms with van der Waals surface area (Å²) in [5.74, 6) is 0.857. The fourth-order valence-corrected chi connectivity index (χ4v) is 3.47. The molecule has 2 nitrogen and oxygen atoms in total. The number of nitrogens with one attached hydrogen (secondary N) is 1. The van der Waals surface area contributed by atoms with Gasteiger partial charge in [-0.1, -0.05) is 60.7 Å². The minimum atomic E-state index is -0.286. The molecule has 0 spiro atoms. The van der Waals surface area contributed by atoms with Crippen molar-refractivity contribution in [2.24, 2.45) is 0 Å². The molecule has 25 heavy (non-hydrogen) atoms. The molecule has 0 fully saturated rings. The van der Waals surface area contributed by atoms with Crippen molar-refractivity contribution in [1.82, 2.24) is 0 Å². The molecule has 1 heterocycles. The van der Waals surface area contributed by atoms with E-state index in [0.29, 0.717) is 0 Å². The fraction of sp³-hybridized carbons (Fsp3) is 0.130. The summed E-state index contributed by atoms with van der Waals surface area (Å²) in [6.45, 7) is 2.22. The smallest absolute Gasteiger partial charge is 0.120 e. The Hall–Kier alpha value is -3.00. The van der Waals surface area contributed by atoms with E-state index in [-0.39, 0.29) is 5.54 Å². The summed E-state index contributed by atoms with van der Waals surface area (Å²) in [6.07, 6.45) is 2.33. The van der Waals surface area contributed by atoms with E-state index < -0.39 is 0 Å². The molecule has 0 saturated carbocycles. The third-order valence-electron chi connectivity index (χ3n) is 4.80. The second-order valence-corrected chi connectivity index (χ2v) is 6.53. The van der Waals surface area contributed by atoms with Crippen molar-refractivity contribution in [1.29, 1.82) is 0 Å². The van der Waals surface area contributed by atoms with E-state index in [1.54, 1.807) is 7.11 Å². The van der Waals surface area contributed by atoms with Gasteiger partial charge in [0, 0.05) is 17.3 Å². The van der Waals surface area contributed by atoms with Crippen molar-refractivity contribution in [3.63, 3.8) is 0 Å². The molecule has 0 amide bonds. The summed E-state index contributed by atoms with van der Waals surface area (Å²) in [6, 6.07) is 27.3. The molecule has 0 unspecified atom stereocenters. The van der Waals surface area contributed by atoms with Crippen LogP contribution in [-0.4, -0.2) is 7.11 Å². The highest BCUT2D eigenvalue weighted by molar-refractivity contribution is 5.90. The summed E-state index contributed by atoms with van der Waals surface area (Å²) >= 11 is 0. The van der Waals surface area contributed by atoms with Gasteiger partial charge in [0.2, 0.25) is 0 Å².